The highest BCUT2D eigenvalue weighted by atomic mass is 35.5. The van der Waals surface area contributed by atoms with E-state index in [9.17, 15) is 4.79 Å². The van der Waals surface area contributed by atoms with Crippen molar-refractivity contribution in [3.63, 3.8) is 0 Å². The molecule has 0 aliphatic carbocycles. The first kappa shape index (κ1) is 14.7. The summed E-state index contributed by atoms with van der Waals surface area (Å²) < 4.78 is 3.61. The molecule has 0 aliphatic heterocycles. The highest BCUT2D eigenvalue weighted by Crippen LogP contribution is 2.26. The maximum absolute atomic E-state index is 12.6. The van der Waals surface area contributed by atoms with Crippen LogP contribution in [0.5, 0.6) is 0 Å². The summed E-state index contributed by atoms with van der Waals surface area (Å²) in [7, 11) is 1.86. The van der Waals surface area contributed by atoms with Crippen molar-refractivity contribution in [2.75, 3.05) is 5.32 Å². The highest BCUT2D eigenvalue weighted by Gasteiger charge is 2.17. The number of aryl methyl sites for hydroxylation is 3. The van der Waals surface area contributed by atoms with E-state index in [1.165, 1.54) is 0 Å². The lowest BCUT2D eigenvalue weighted by molar-refractivity contribution is 0.101. The second kappa shape index (κ2) is 5.50. The monoisotopic (exact) mass is 316 g/mol. The molecule has 0 unspecified atom stereocenters. The summed E-state index contributed by atoms with van der Waals surface area (Å²) >= 11 is 6.20. The predicted octanol–water partition coefficient (Wildman–Crippen LogP) is 3.61. The molecule has 0 fully saturated rings. The van der Waals surface area contributed by atoms with Crippen LogP contribution in [0.2, 0.25) is 5.02 Å². The van der Waals surface area contributed by atoms with E-state index in [2.05, 4.69) is 10.4 Å². The van der Waals surface area contributed by atoms with Gasteiger partial charge in [-0.1, -0.05) is 17.7 Å². The van der Waals surface area contributed by atoms with Crippen molar-refractivity contribution < 1.29 is 4.79 Å². The minimum atomic E-state index is -0.173. The Morgan fingerprint density at radius 2 is 2.18 bits per heavy atom. The Morgan fingerprint density at radius 3 is 2.86 bits per heavy atom. The molecule has 114 valence electrons. The Labute approximate surface area is 133 Å². The number of hydrogen-bond acceptors (Lipinski definition) is 2. The molecule has 0 saturated heterocycles. The minimum Gasteiger partial charge on any atom is -0.340 e. The van der Waals surface area contributed by atoms with Crippen LogP contribution >= 0.6 is 11.6 Å². The van der Waals surface area contributed by atoms with Crippen molar-refractivity contribution >= 4 is 34.2 Å². The van der Waals surface area contributed by atoms with Gasteiger partial charge in [0.15, 0.2) is 0 Å². The van der Waals surface area contributed by atoms with Gasteiger partial charge in [0.25, 0.3) is 5.91 Å². The standard InChI is InChI=1S/C16H17ClN4O/c1-4-21-15(10(2)9-18-21)19-16(22)14-8-11-12(17)6-5-7-13(11)20(14)3/h5-9H,4H2,1-3H3,(H,19,22). The number of nitrogens with zero attached hydrogens (tertiary/aromatic N) is 3. The fourth-order valence-corrected chi connectivity index (χ4v) is 2.82. The molecule has 0 saturated carbocycles. The summed E-state index contributed by atoms with van der Waals surface area (Å²) in [5, 5.41) is 8.69. The molecule has 2 heterocycles. The van der Waals surface area contributed by atoms with E-state index in [1.807, 2.05) is 49.7 Å². The normalized spacial score (nSPS) is 11.1. The topological polar surface area (TPSA) is 51.9 Å². The molecule has 0 aliphatic rings. The van der Waals surface area contributed by atoms with Gasteiger partial charge in [0.2, 0.25) is 0 Å². The van der Waals surface area contributed by atoms with E-state index < -0.39 is 0 Å². The fourth-order valence-electron chi connectivity index (χ4n) is 2.60. The van der Waals surface area contributed by atoms with Crippen molar-refractivity contribution in [3.8, 4) is 0 Å². The number of aromatic nitrogens is 3. The third-order valence-corrected chi connectivity index (χ3v) is 4.15. The van der Waals surface area contributed by atoms with Crippen LogP contribution in [0.4, 0.5) is 5.82 Å². The third-order valence-electron chi connectivity index (χ3n) is 3.82. The molecule has 6 heteroatoms. The molecule has 0 radical (unpaired) electrons. The Bertz CT molecular complexity index is 863. The average molecular weight is 317 g/mol. The zero-order valence-electron chi connectivity index (χ0n) is 12.7. The van der Waals surface area contributed by atoms with E-state index >= 15 is 0 Å². The molecule has 5 nitrogen and oxygen atoms in total. The summed E-state index contributed by atoms with van der Waals surface area (Å²) in [6.07, 6.45) is 1.75. The number of fused-ring (bicyclic) bond motifs is 1. The zero-order chi connectivity index (χ0) is 15.9. The molecular weight excluding hydrogens is 300 g/mol. The average Bonchev–Trinajstić information content (AvgIpc) is 3.02. The second-order valence-electron chi connectivity index (χ2n) is 5.21. The predicted molar refractivity (Wildman–Crippen MR) is 88.5 cm³/mol. The van der Waals surface area contributed by atoms with Crippen LogP contribution in [0, 0.1) is 6.92 Å². The Balaban J connectivity index is 2.01. The van der Waals surface area contributed by atoms with Crippen LogP contribution in [-0.2, 0) is 13.6 Å². The van der Waals surface area contributed by atoms with Crippen molar-refractivity contribution in [2.24, 2.45) is 7.05 Å². The molecule has 0 atom stereocenters. The first-order valence-corrected chi connectivity index (χ1v) is 7.48. The van der Waals surface area contributed by atoms with Crippen LogP contribution in [0.1, 0.15) is 23.0 Å². The number of halogens is 1. The Morgan fingerprint density at radius 1 is 1.41 bits per heavy atom. The number of rotatable bonds is 3. The third kappa shape index (κ3) is 2.27. The van der Waals surface area contributed by atoms with Gasteiger partial charge in [0.1, 0.15) is 11.5 Å². The van der Waals surface area contributed by atoms with E-state index in [0.717, 1.165) is 22.3 Å². The maximum Gasteiger partial charge on any atom is 0.273 e. The molecule has 2 aromatic heterocycles. The Kier molecular flexibility index (Phi) is 3.66. The van der Waals surface area contributed by atoms with Gasteiger partial charge in [-0.05, 0) is 32.0 Å². The van der Waals surface area contributed by atoms with Gasteiger partial charge in [0, 0.05) is 35.1 Å². The molecule has 0 spiro atoms. The van der Waals surface area contributed by atoms with Gasteiger partial charge < -0.3 is 9.88 Å². The molecule has 3 rings (SSSR count). The van der Waals surface area contributed by atoms with Crippen molar-refractivity contribution in [3.05, 3.63) is 46.7 Å². The lowest BCUT2D eigenvalue weighted by atomic mass is 10.2. The van der Waals surface area contributed by atoms with Gasteiger partial charge >= 0.3 is 0 Å². The van der Waals surface area contributed by atoms with E-state index in [1.54, 1.807) is 10.9 Å². The number of nitrogens with one attached hydrogen (secondary N) is 1. The summed E-state index contributed by atoms with van der Waals surface area (Å²) in [5.41, 5.74) is 2.43. The number of anilines is 1. The number of amides is 1. The number of hydrogen-bond donors (Lipinski definition) is 1. The van der Waals surface area contributed by atoms with Crippen molar-refractivity contribution in [1.29, 1.82) is 0 Å². The lowest BCUT2D eigenvalue weighted by Gasteiger charge is -2.09. The number of carbonyl (C=O) groups is 1. The first-order valence-electron chi connectivity index (χ1n) is 7.10. The summed E-state index contributed by atoms with van der Waals surface area (Å²) in [6, 6.07) is 7.46. The number of carbonyl (C=O) groups excluding carboxylic acids is 1. The van der Waals surface area contributed by atoms with E-state index in [-0.39, 0.29) is 5.91 Å². The quantitative estimate of drug-likeness (QED) is 0.802. The Hall–Kier alpha value is -2.27. The SMILES string of the molecule is CCn1ncc(C)c1NC(=O)c1cc2c(Cl)cccc2n1C. The van der Waals surface area contributed by atoms with Crippen LogP contribution in [0.15, 0.2) is 30.5 Å². The van der Waals surface area contributed by atoms with Crippen molar-refractivity contribution in [2.45, 2.75) is 20.4 Å². The first-order chi connectivity index (χ1) is 10.5. The molecule has 1 N–H and O–H groups in total. The molecule has 1 amide bonds. The van der Waals surface area contributed by atoms with Crippen LogP contribution in [0.3, 0.4) is 0 Å². The summed E-state index contributed by atoms with van der Waals surface area (Å²) in [5.74, 6) is 0.553. The van der Waals surface area contributed by atoms with Crippen LogP contribution < -0.4 is 5.32 Å². The molecular formula is C16H17ClN4O. The van der Waals surface area contributed by atoms with E-state index in [4.69, 9.17) is 11.6 Å². The molecule has 22 heavy (non-hydrogen) atoms. The van der Waals surface area contributed by atoms with Gasteiger partial charge in [-0.3, -0.25) is 4.79 Å². The van der Waals surface area contributed by atoms with Gasteiger partial charge in [0.05, 0.1) is 6.20 Å². The molecule has 1 aromatic carbocycles. The smallest absolute Gasteiger partial charge is 0.273 e. The van der Waals surface area contributed by atoms with Gasteiger partial charge in [-0.2, -0.15) is 5.10 Å². The highest BCUT2D eigenvalue weighted by molar-refractivity contribution is 6.35. The fraction of sp³-hybridized carbons (Fsp3) is 0.250. The van der Waals surface area contributed by atoms with Gasteiger partial charge in [-0.15, -0.1) is 0 Å². The van der Waals surface area contributed by atoms with E-state index in [0.29, 0.717) is 17.3 Å². The largest absolute Gasteiger partial charge is 0.340 e. The van der Waals surface area contributed by atoms with Crippen LogP contribution in [0.25, 0.3) is 10.9 Å². The zero-order valence-corrected chi connectivity index (χ0v) is 13.5. The van der Waals surface area contributed by atoms with Crippen LogP contribution in [-0.4, -0.2) is 20.3 Å². The number of benzene rings is 1. The minimum absolute atomic E-state index is 0.173. The van der Waals surface area contributed by atoms with Gasteiger partial charge in [-0.25, -0.2) is 4.68 Å². The summed E-state index contributed by atoms with van der Waals surface area (Å²) in [6.45, 7) is 4.61. The molecule has 0 bridgehead atoms. The molecule has 3 aromatic rings. The summed E-state index contributed by atoms with van der Waals surface area (Å²) in [4.78, 5) is 12.6. The maximum atomic E-state index is 12.6. The lowest BCUT2D eigenvalue weighted by Crippen LogP contribution is -2.18. The van der Waals surface area contributed by atoms with Crippen molar-refractivity contribution in [1.82, 2.24) is 14.3 Å². The second-order valence-corrected chi connectivity index (χ2v) is 5.61.